The fraction of sp³-hybridized carbons (Fsp3) is 0.458. The molecule has 1 amide bonds. The van der Waals surface area contributed by atoms with E-state index < -0.39 is 0 Å². The highest BCUT2D eigenvalue weighted by molar-refractivity contribution is 5.80. The van der Waals surface area contributed by atoms with Crippen LogP contribution in [0.25, 0.3) is 0 Å². The number of anilines is 1. The normalized spacial score (nSPS) is 15.8. The van der Waals surface area contributed by atoms with Crippen molar-refractivity contribution >= 4 is 17.7 Å². The number of rotatable bonds is 8. The Morgan fingerprint density at radius 2 is 2.06 bits per heavy atom. The van der Waals surface area contributed by atoms with Gasteiger partial charge in [0.15, 0.2) is 5.96 Å². The smallest absolute Gasteiger partial charge is 0.220 e. The first-order chi connectivity index (χ1) is 15.5. The van der Waals surface area contributed by atoms with Gasteiger partial charge in [0, 0.05) is 44.4 Å². The number of nitrogens with one attached hydrogen (secondary N) is 2. The van der Waals surface area contributed by atoms with Crippen LogP contribution < -0.4 is 26.0 Å². The lowest BCUT2D eigenvalue weighted by atomic mass is 9.96. The number of carbonyl (C=O) groups is 1. The van der Waals surface area contributed by atoms with Crippen molar-refractivity contribution in [2.75, 3.05) is 31.6 Å². The van der Waals surface area contributed by atoms with Crippen molar-refractivity contribution in [3.05, 3.63) is 53.7 Å². The number of hydrogen-bond donors (Lipinski definition) is 3. The maximum atomic E-state index is 11.5. The Labute approximate surface area is 190 Å². The molecule has 0 spiro atoms. The van der Waals surface area contributed by atoms with Gasteiger partial charge in [-0.25, -0.2) is 4.98 Å². The quantitative estimate of drug-likeness (QED) is 0.431. The average molecular weight is 439 g/mol. The molecular weight excluding hydrogens is 404 g/mol. The zero-order valence-corrected chi connectivity index (χ0v) is 19.2. The van der Waals surface area contributed by atoms with Crippen molar-refractivity contribution in [2.24, 2.45) is 16.6 Å². The molecule has 1 fully saturated rings. The Kier molecular flexibility index (Phi) is 8.30. The van der Waals surface area contributed by atoms with Crippen molar-refractivity contribution in [3.63, 3.8) is 0 Å². The minimum absolute atomic E-state index is 0.0177. The summed E-state index contributed by atoms with van der Waals surface area (Å²) in [7, 11) is 1.75. The van der Waals surface area contributed by atoms with Gasteiger partial charge in [-0.2, -0.15) is 0 Å². The van der Waals surface area contributed by atoms with Crippen LogP contribution in [0.3, 0.4) is 0 Å². The number of piperidine rings is 1. The number of ether oxygens (including phenoxy) is 1. The lowest BCUT2D eigenvalue weighted by molar-refractivity contribution is -0.122. The molecular formula is C24H34N6O2. The number of aromatic nitrogens is 1. The van der Waals surface area contributed by atoms with E-state index in [1.807, 2.05) is 44.2 Å². The molecule has 1 aliphatic rings. The Morgan fingerprint density at radius 1 is 1.28 bits per heavy atom. The van der Waals surface area contributed by atoms with Gasteiger partial charge >= 0.3 is 0 Å². The van der Waals surface area contributed by atoms with Crippen molar-refractivity contribution in [3.8, 4) is 5.75 Å². The van der Waals surface area contributed by atoms with Gasteiger partial charge < -0.3 is 26.0 Å². The highest BCUT2D eigenvalue weighted by Crippen LogP contribution is 2.24. The molecule has 3 rings (SSSR count). The minimum Gasteiger partial charge on any atom is -0.489 e. The van der Waals surface area contributed by atoms with E-state index in [1.165, 1.54) is 5.56 Å². The lowest BCUT2D eigenvalue weighted by Crippen LogP contribution is -2.42. The first-order valence-electron chi connectivity index (χ1n) is 11.1. The van der Waals surface area contributed by atoms with Crippen molar-refractivity contribution < 1.29 is 9.53 Å². The minimum atomic E-state index is -0.206. The van der Waals surface area contributed by atoms with Crippen molar-refractivity contribution in [1.82, 2.24) is 15.6 Å². The van der Waals surface area contributed by atoms with Crippen LogP contribution in [-0.4, -0.2) is 49.6 Å². The van der Waals surface area contributed by atoms with E-state index >= 15 is 0 Å². The molecule has 0 bridgehead atoms. The molecule has 1 aliphatic heterocycles. The third kappa shape index (κ3) is 6.60. The van der Waals surface area contributed by atoms with E-state index in [1.54, 1.807) is 13.2 Å². The second-order valence-electron chi connectivity index (χ2n) is 8.20. The van der Waals surface area contributed by atoms with Crippen LogP contribution in [0.5, 0.6) is 5.75 Å². The van der Waals surface area contributed by atoms with Crippen LogP contribution >= 0.6 is 0 Å². The molecule has 2 aromatic rings. The first-order valence-corrected chi connectivity index (χ1v) is 11.1. The number of benzene rings is 1. The van der Waals surface area contributed by atoms with Crippen molar-refractivity contribution in [1.29, 1.82) is 0 Å². The van der Waals surface area contributed by atoms with Gasteiger partial charge in [0.2, 0.25) is 5.91 Å². The van der Waals surface area contributed by atoms with Gasteiger partial charge in [0.25, 0.3) is 0 Å². The maximum absolute atomic E-state index is 11.5. The SMILES string of the molecule is CN=C(NCc1cccnc1N1CCC(C(N)=O)CC1)NCC(C)Oc1cccc(C)c1. The highest BCUT2D eigenvalue weighted by atomic mass is 16.5. The third-order valence-corrected chi connectivity index (χ3v) is 5.62. The van der Waals surface area contributed by atoms with Gasteiger partial charge in [-0.15, -0.1) is 0 Å². The van der Waals surface area contributed by atoms with E-state index in [9.17, 15) is 4.79 Å². The largest absolute Gasteiger partial charge is 0.489 e. The average Bonchev–Trinajstić information content (AvgIpc) is 2.79. The number of amides is 1. The van der Waals surface area contributed by atoms with Crippen LogP contribution in [0.15, 0.2) is 47.6 Å². The maximum Gasteiger partial charge on any atom is 0.220 e. The molecule has 4 N–H and O–H groups in total. The molecule has 32 heavy (non-hydrogen) atoms. The molecule has 172 valence electrons. The third-order valence-electron chi connectivity index (χ3n) is 5.62. The topological polar surface area (TPSA) is 105 Å². The molecule has 1 atom stereocenters. The monoisotopic (exact) mass is 438 g/mol. The van der Waals surface area contributed by atoms with Crippen LogP contribution in [0.2, 0.25) is 0 Å². The van der Waals surface area contributed by atoms with Gasteiger partial charge in [0.1, 0.15) is 17.7 Å². The van der Waals surface area contributed by atoms with Crippen LogP contribution in [-0.2, 0) is 11.3 Å². The fourth-order valence-corrected chi connectivity index (χ4v) is 3.83. The van der Waals surface area contributed by atoms with E-state index in [0.29, 0.717) is 19.0 Å². The molecule has 0 saturated carbocycles. The van der Waals surface area contributed by atoms with Crippen molar-refractivity contribution in [2.45, 2.75) is 39.3 Å². The zero-order valence-electron chi connectivity index (χ0n) is 19.2. The predicted octanol–water partition coefficient (Wildman–Crippen LogP) is 2.22. The van der Waals surface area contributed by atoms with Crippen LogP contribution in [0.1, 0.15) is 30.9 Å². The van der Waals surface area contributed by atoms with E-state index in [2.05, 4.69) is 31.6 Å². The standard InChI is InChI=1S/C24H34N6O2/c1-17-6-4-8-21(14-17)32-18(2)15-28-24(26-3)29-16-20-7-5-11-27-23(20)30-12-9-19(10-13-30)22(25)31/h4-8,11,14,18-19H,9-10,12-13,15-16H2,1-3H3,(H2,25,31)(H2,26,28,29). The Bertz CT molecular complexity index is 924. The summed E-state index contributed by atoms with van der Waals surface area (Å²) in [6, 6.07) is 12.0. The predicted molar refractivity (Wildman–Crippen MR) is 128 cm³/mol. The van der Waals surface area contributed by atoms with Gasteiger partial charge in [-0.1, -0.05) is 18.2 Å². The molecule has 0 radical (unpaired) electrons. The molecule has 1 unspecified atom stereocenters. The molecule has 1 aromatic carbocycles. The lowest BCUT2D eigenvalue weighted by Gasteiger charge is -2.32. The number of nitrogens with zero attached hydrogens (tertiary/aromatic N) is 3. The van der Waals surface area contributed by atoms with Gasteiger partial charge in [-0.05, 0) is 50.5 Å². The van der Waals surface area contributed by atoms with Gasteiger partial charge in [-0.3, -0.25) is 9.79 Å². The molecule has 0 aliphatic carbocycles. The number of carbonyl (C=O) groups excluding carboxylic acids is 1. The number of hydrogen-bond acceptors (Lipinski definition) is 5. The molecule has 1 saturated heterocycles. The van der Waals surface area contributed by atoms with E-state index in [0.717, 1.165) is 43.1 Å². The second-order valence-corrected chi connectivity index (χ2v) is 8.20. The summed E-state index contributed by atoms with van der Waals surface area (Å²) in [4.78, 5) is 22.6. The highest BCUT2D eigenvalue weighted by Gasteiger charge is 2.25. The fourth-order valence-electron chi connectivity index (χ4n) is 3.83. The molecule has 2 heterocycles. The molecule has 1 aromatic heterocycles. The molecule has 8 heteroatoms. The van der Waals surface area contributed by atoms with Gasteiger partial charge in [0.05, 0.1) is 6.54 Å². The first kappa shape index (κ1) is 23.4. The number of primary amides is 1. The summed E-state index contributed by atoms with van der Waals surface area (Å²) in [5, 5.41) is 6.68. The number of pyridine rings is 1. The van der Waals surface area contributed by atoms with E-state index in [-0.39, 0.29) is 17.9 Å². The molecule has 8 nitrogen and oxygen atoms in total. The Morgan fingerprint density at radius 3 is 2.75 bits per heavy atom. The Hall–Kier alpha value is -3.29. The van der Waals surface area contributed by atoms with Crippen LogP contribution in [0.4, 0.5) is 5.82 Å². The summed E-state index contributed by atoms with van der Waals surface area (Å²) >= 11 is 0. The summed E-state index contributed by atoms with van der Waals surface area (Å²) in [5.41, 5.74) is 7.72. The summed E-state index contributed by atoms with van der Waals surface area (Å²) < 4.78 is 5.98. The zero-order chi connectivity index (χ0) is 22.9. The summed E-state index contributed by atoms with van der Waals surface area (Å²) in [6.07, 6.45) is 3.31. The number of nitrogens with two attached hydrogens (primary N) is 1. The number of guanidine groups is 1. The second kappa shape index (κ2) is 11.4. The number of aryl methyl sites for hydroxylation is 1. The summed E-state index contributed by atoms with van der Waals surface area (Å²) in [6.45, 7) is 6.84. The Balaban J connectivity index is 1.51. The summed E-state index contributed by atoms with van der Waals surface area (Å²) in [5.74, 6) is 2.26. The number of aliphatic imine (C=N–C) groups is 1. The van der Waals surface area contributed by atoms with E-state index in [4.69, 9.17) is 10.5 Å². The van der Waals surface area contributed by atoms with Crippen LogP contribution in [0, 0.1) is 12.8 Å².